The fourth-order valence-corrected chi connectivity index (χ4v) is 2.95. The van der Waals surface area contributed by atoms with Crippen LogP contribution < -0.4 is 14.2 Å². The van der Waals surface area contributed by atoms with E-state index in [9.17, 15) is 8.78 Å². The zero-order valence-electron chi connectivity index (χ0n) is 12.9. The third kappa shape index (κ3) is 4.23. The molecule has 3 rings (SSSR count). The second-order valence-corrected chi connectivity index (χ2v) is 6.03. The van der Waals surface area contributed by atoms with Crippen molar-refractivity contribution in [3.05, 3.63) is 35.6 Å². The monoisotopic (exact) mass is 386 g/mol. The summed E-state index contributed by atoms with van der Waals surface area (Å²) in [5.74, 6) is 0.305. The van der Waals surface area contributed by atoms with Gasteiger partial charge in [0, 0.05) is 17.6 Å². The Morgan fingerprint density at radius 3 is 2.88 bits per heavy atom. The van der Waals surface area contributed by atoms with Crippen LogP contribution in [0.4, 0.5) is 14.5 Å². The van der Waals surface area contributed by atoms with Crippen LogP contribution in [0.5, 0.6) is 11.8 Å². The Hall–Kier alpha value is -2.26. The molecule has 0 atom stereocenters. The van der Waals surface area contributed by atoms with E-state index in [1.54, 1.807) is 18.3 Å². The van der Waals surface area contributed by atoms with E-state index in [0.717, 1.165) is 10.3 Å². The molecule has 132 valence electrons. The SMILES string of the molecule is COc1nc(OCC(F)F)ccc1NSc1c[nH]c2nc(Cl)ccc12. The van der Waals surface area contributed by atoms with Crippen molar-refractivity contribution in [2.24, 2.45) is 0 Å². The third-order valence-electron chi connectivity index (χ3n) is 3.12. The highest BCUT2D eigenvalue weighted by atomic mass is 35.5. The molecule has 0 spiro atoms. The summed E-state index contributed by atoms with van der Waals surface area (Å²) in [4.78, 5) is 12.2. The second-order valence-electron chi connectivity index (χ2n) is 4.80. The van der Waals surface area contributed by atoms with E-state index < -0.39 is 13.0 Å². The fourth-order valence-electron chi connectivity index (χ4n) is 2.04. The van der Waals surface area contributed by atoms with E-state index in [1.807, 2.05) is 6.07 Å². The number of nitrogens with zero attached hydrogens (tertiary/aromatic N) is 2. The second kappa shape index (κ2) is 7.75. The number of hydrogen-bond acceptors (Lipinski definition) is 6. The van der Waals surface area contributed by atoms with Gasteiger partial charge < -0.3 is 19.2 Å². The molecule has 3 aromatic rings. The molecule has 0 amide bonds. The minimum Gasteiger partial charge on any atom is -0.479 e. The number of alkyl halides is 2. The lowest BCUT2D eigenvalue weighted by atomic mass is 10.3. The van der Waals surface area contributed by atoms with Crippen LogP contribution in [0.15, 0.2) is 35.4 Å². The number of fused-ring (bicyclic) bond motifs is 1. The van der Waals surface area contributed by atoms with Gasteiger partial charge in [-0.3, -0.25) is 0 Å². The van der Waals surface area contributed by atoms with Crippen molar-refractivity contribution in [2.45, 2.75) is 11.3 Å². The highest BCUT2D eigenvalue weighted by molar-refractivity contribution is 8.00. The van der Waals surface area contributed by atoms with Crippen LogP contribution in [0.2, 0.25) is 5.15 Å². The van der Waals surface area contributed by atoms with Gasteiger partial charge in [-0.15, -0.1) is 0 Å². The molecule has 0 saturated heterocycles. The van der Waals surface area contributed by atoms with Crippen LogP contribution in [-0.2, 0) is 0 Å². The number of anilines is 1. The maximum absolute atomic E-state index is 12.2. The smallest absolute Gasteiger partial charge is 0.272 e. The molecule has 0 fully saturated rings. The number of H-pyrrole nitrogens is 1. The van der Waals surface area contributed by atoms with Gasteiger partial charge in [-0.2, -0.15) is 4.98 Å². The zero-order chi connectivity index (χ0) is 17.8. The van der Waals surface area contributed by atoms with Crippen molar-refractivity contribution < 1.29 is 18.3 Å². The Bertz CT molecular complexity index is 878. The largest absolute Gasteiger partial charge is 0.479 e. The number of hydrogen-bond donors (Lipinski definition) is 2. The molecule has 0 aliphatic rings. The van der Waals surface area contributed by atoms with Crippen LogP contribution in [0.3, 0.4) is 0 Å². The van der Waals surface area contributed by atoms with Gasteiger partial charge >= 0.3 is 0 Å². The van der Waals surface area contributed by atoms with Crippen molar-refractivity contribution in [2.75, 3.05) is 18.4 Å². The summed E-state index contributed by atoms with van der Waals surface area (Å²) in [5.41, 5.74) is 1.26. The standard InChI is InChI=1S/C15H13ClF2N4O2S/c1-23-15-9(3-5-13(21-15)24-7-12(17)18)22-25-10-6-19-14-8(10)2-4-11(16)20-14/h2-6,12,22H,7H2,1H3,(H,19,20). The molecule has 0 radical (unpaired) electrons. The summed E-state index contributed by atoms with van der Waals surface area (Å²) >= 11 is 7.19. The zero-order valence-corrected chi connectivity index (χ0v) is 14.5. The topological polar surface area (TPSA) is 72.1 Å². The first-order valence-electron chi connectivity index (χ1n) is 7.09. The maximum atomic E-state index is 12.2. The van der Waals surface area contributed by atoms with Crippen molar-refractivity contribution in [1.82, 2.24) is 15.0 Å². The Balaban J connectivity index is 1.73. The molecular weight excluding hydrogens is 374 g/mol. The molecule has 10 heteroatoms. The molecule has 0 saturated carbocycles. The van der Waals surface area contributed by atoms with E-state index >= 15 is 0 Å². The molecule has 2 N–H and O–H groups in total. The number of aromatic nitrogens is 3. The van der Waals surface area contributed by atoms with E-state index in [1.165, 1.54) is 25.1 Å². The lowest BCUT2D eigenvalue weighted by Gasteiger charge is -2.11. The number of methoxy groups -OCH3 is 1. The van der Waals surface area contributed by atoms with Crippen LogP contribution in [0.1, 0.15) is 0 Å². The van der Waals surface area contributed by atoms with Crippen LogP contribution in [0.25, 0.3) is 11.0 Å². The quantitative estimate of drug-likeness (QED) is 0.463. The molecule has 0 aliphatic carbocycles. The van der Waals surface area contributed by atoms with Gasteiger partial charge in [-0.05, 0) is 30.1 Å². The Kier molecular flexibility index (Phi) is 5.44. The van der Waals surface area contributed by atoms with E-state index in [2.05, 4.69) is 19.7 Å². The summed E-state index contributed by atoms with van der Waals surface area (Å²) < 4.78 is 37.6. The Morgan fingerprint density at radius 2 is 2.12 bits per heavy atom. The number of nitrogens with one attached hydrogen (secondary N) is 2. The van der Waals surface area contributed by atoms with Gasteiger partial charge in [-0.1, -0.05) is 11.6 Å². The minimum absolute atomic E-state index is 0.0682. The summed E-state index contributed by atoms with van der Waals surface area (Å²) in [5, 5.41) is 1.31. The van der Waals surface area contributed by atoms with Crippen LogP contribution in [0, 0.1) is 0 Å². The number of rotatable bonds is 7. The summed E-state index contributed by atoms with van der Waals surface area (Å²) in [6.07, 6.45) is -0.767. The fraction of sp³-hybridized carbons (Fsp3) is 0.200. The average Bonchev–Trinajstić information content (AvgIpc) is 3.00. The highest BCUT2D eigenvalue weighted by Gasteiger charge is 2.11. The predicted octanol–water partition coefficient (Wildman–Crippen LogP) is 4.38. The van der Waals surface area contributed by atoms with Crippen molar-refractivity contribution in [1.29, 1.82) is 0 Å². The van der Waals surface area contributed by atoms with Gasteiger partial charge in [0.2, 0.25) is 11.8 Å². The van der Waals surface area contributed by atoms with Crippen LogP contribution in [-0.4, -0.2) is 35.1 Å². The van der Waals surface area contributed by atoms with Gasteiger partial charge in [-0.25, -0.2) is 13.8 Å². The number of aromatic amines is 1. The lowest BCUT2D eigenvalue weighted by Crippen LogP contribution is -2.08. The highest BCUT2D eigenvalue weighted by Crippen LogP contribution is 2.32. The molecule has 0 bridgehead atoms. The Morgan fingerprint density at radius 1 is 1.28 bits per heavy atom. The molecule has 3 aromatic heterocycles. The third-order valence-corrected chi connectivity index (χ3v) is 4.21. The Labute approximate surface area is 151 Å². The summed E-state index contributed by atoms with van der Waals surface area (Å²) in [6.45, 7) is -0.720. The number of ether oxygens (including phenoxy) is 2. The molecule has 0 aliphatic heterocycles. The van der Waals surface area contributed by atoms with E-state index in [-0.39, 0.29) is 11.8 Å². The molecule has 3 heterocycles. The van der Waals surface area contributed by atoms with Gasteiger partial charge in [0.15, 0.2) is 6.61 Å². The predicted molar refractivity (Wildman–Crippen MR) is 92.9 cm³/mol. The normalized spacial score (nSPS) is 11.1. The van der Waals surface area contributed by atoms with Crippen molar-refractivity contribution in [3.8, 4) is 11.8 Å². The molecule has 6 nitrogen and oxygen atoms in total. The summed E-state index contributed by atoms with van der Waals surface area (Å²) in [7, 11) is 1.44. The molecule has 0 aromatic carbocycles. The van der Waals surface area contributed by atoms with Gasteiger partial charge in [0.05, 0.1) is 12.0 Å². The maximum Gasteiger partial charge on any atom is 0.272 e. The van der Waals surface area contributed by atoms with Crippen LogP contribution >= 0.6 is 23.5 Å². The average molecular weight is 387 g/mol. The van der Waals surface area contributed by atoms with E-state index in [4.69, 9.17) is 21.1 Å². The number of pyridine rings is 2. The van der Waals surface area contributed by atoms with Crippen molar-refractivity contribution in [3.63, 3.8) is 0 Å². The lowest BCUT2D eigenvalue weighted by molar-refractivity contribution is 0.0793. The first-order valence-corrected chi connectivity index (χ1v) is 8.28. The molecular formula is C15H13ClF2N4O2S. The number of halogens is 3. The first kappa shape index (κ1) is 17.6. The summed E-state index contributed by atoms with van der Waals surface area (Å²) in [6, 6.07) is 6.70. The van der Waals surface area contributed by atoms with Gasteiger partial charge in [0.25, 0.3) is 6.43 Å². The van der Waals surface area contributed by atoms with Crippen molar-refractivity contribution >= 4 is 40.3 Å². The van der Waals surface area contributed by atoms with Gasteiger partial charge in [0.1, 0.15) is 16.5 Å². The minimum atomic E-state index is -2.56. The molecule has 0 unspecified atom stereocenters. The first-order chi connectivity index (χ1) is 12.1. The van der Waals surface area contributed by atoms with E-state index in [0.29, 0.717) is 16.5 Å². The molecule has 25 heavy (non-hydrogen) atoms.